The molecule has 7 nitrogen and oxygen atoms in total. The SMILES string of the molecule is C[C@H]1/C(=C/C(=O)N(C)CCO)CC[C@@H]2[C@H]1C(=O)C[C@H]1C(C)(C)[C@@H](OC(=O)CC(C)(C)O)CC[C@]21C. The number of esters is 1. The number of hydrogen-bond donors (Lipinski definition) is 2. The summed E-state index contributed by atoms with van der Waals surface area (Å²) in [7, 11) is 1.68. The number of aliphatic hydroxyl groups is 2. The number of Topliss-reactive ketones (excluding diaryl/α,β-unsaturated/α-hetero) is 1. The van der Waals surface area contributed by atoms with Crippen LogP contribution in [0.25, 0.3) is 0 Å². The largest absolute Gasteiger partial charge is 0.462 e. The average molecular weight is 492 g/mol. The van der Waals surface area contributed by atoms with Gasteiger partial charge in [0.1, 0.15) is 11.9 Å². The van der Waals surface area contributed by atoms with Gasteiger partial charge < -0.3 is 19.8 Å². The molecule has 0 radical (unpaired) electrons. The third-order valence-electron chi connectivity index (χ3n) is 9.37. The van der Waals surface area contributed by atoms with E-state index in [0.717, 1.165) is 31.3 Å². The third-order valence-corrected chi connectivity index (χ3v) is 9.37. The van der Waals surface area contributed by atoms with Crippen molar-refractivity contribution in [2.24, 2.45) is 34.5 Å². The van der Waals surface area contributed by atoms with Gasteiger partial charge in [-0.3, -0.25) is 14.4 Å². The quantitative estimate of drug-likeness (QED) is 0.435. The fourth-order valence-electron chi connectivity index (χ4n) is 7.39. The normalized spacial score (nSPS) is 35.7. The second kappa shape index (κ2) is 9.97. The number of amides is 1. The number of ether oxygens (including phenoxy) is 1. The Kier molecular flexibility index (Phi) is 7.93. The van der Waals surface area contributed by atoms with Gasteiger partial charge in [0, 0.05) is 37.4 Å². The molecule has 3 aliphatic carbocycles. The van der Waals surface area contributed by atoms with E-state index >= 15 is 0 Å². The van der Waals surface area contributed by atoms with Crippen LogP contribution in [0.15, 0.2) is 11.6 Å². The Morgan fingerprint density at radius 1 is 1.23 bits per heavy atom. The van der Waals surface area contributed by atoms with Crippen molar-refractivity contribution in [1.82, 2.24) is 4.90 Å². The minimum absolute atomic E-state index is 0.0101. The van der Waals surface area contributed by atoms with Crippen LogP contribution in [-0.2, 0) is 19.1 Å². The van der Waals surface area contributed by atoms with Crippen molar-refractivity contribution in [3.05, 3.63) is 11.6 Å². The summed E-state index contributed by atoms with van der Waals surface area (Å²) < 4.78 is 5.89. The highest BCUT2D eigenvalue weighted by atomic mass is 16.5. The van der Waals surface area contributed by atoms with Crippen LogP contribution >= 0.6 is 0 Å². The molecule has 0 aromatic carbocycles. The van der Waals surface area contributed by atoms with E-state index in [0.29, 0.717) is 13.0 Å². The number of ketones is 1. The second-order valence-electron chi connectivity index (χ2n) is 12.7. The number of carbonyl (C=O) groups excluding carboxylic acids is 3. The Bertz CT molecular complexity index is 871. The van der Waals surface area contributed by atoms with E-state index in [1.807, 2.05) is 0 Å². The summed E-state index contributed by atoms with van der Waals surface area (Å²) in [5.41, 5.74) is -0.481. The molecule has 3 fully saturated rings. The van der Waals surface area contributed by atoms with Gasteiger partial charge in [-0.15, -0.1) is 0 Å². The molecule has 0 aromatic rings. The summed E-state index contributed by atoms with van der Waals surface area (Å²) >= 11 is 0. The summed E-state index contributed by atoms with van der Waals surface area (Å²) in [6, 6.07) is 0. The molecular weight excluding hydrogens is 446 g/mol. The number of hydrogen-bond acceptors (Lipinski definition) is 6. The zero-order chi connectivity index (χ0) is 26.3. The minimum Gasteiger partial charge on any atom is -0.462 e. The first-order chi connectivity index (χ1) is 16.1. The summed E-state index contributed by atoms with van der Waals surface area (Å²) in [6.07, 6.45) is 5.11. The molecule has 0 spiro atoms. The van der Waals surface area contributed by atoms with Gasteiger partial charge in [0.15, 0.2) is 0 Å². The van der Waals surface area contributed by atoms with E-state index in [9.17, 15) is 19.5 Å². The highest BCUT2D eigenvalue weighted by Gasteiger charge is 2.62. The monoisotopic (exact) mass is 491 g/mol. The number of fused-ring (bicyclic) bond motifs is 3. The van der Waals surface area contributed by atoms with Crippen molar-refractivity contribution in [3.63, 3.8) is 0 Å². The van der Waals surface area contributed by atoms with Gasteiger partial charge >= 0.3 is 5.97 Å². The maximum absolute atomic E-state index is 13.6. The van der Waals surface area contributed by atoms with E-state index in [1.54, 1.807) is 27.0 Å². The van der Waals surface area contributed by atoms with Gasteiger partial charge in [0.2, 0.25) is 5.91 Å². The molecule has 0 unspecified atom stereocenters. The Labute approximate surface area is 210 Å². The Balaban J connectivity index is 1.81. The lowest BCUT2D eigenvalue weighted by atomic mass is 9.42. The molecule has 35 heavy (non-hydrogen) atoms. The van der Waals surface area contributed by atoms with Crippen molar-refractivity contribution in [2.75, 3.05) is 20.2 Å². The molecule has 198 valence electrons. The zero-order valence-corrected chi connectivity index (χ0v) is 22.6. The van der Waals surface area contributed by atoms with Crippen LogP contribution in [0.5, 0.6) is 0 Å². The second-order valence-corrected chi connectivity index (χ2v) is 12.7. The van der Waals surface area contributed by atoms with Crippen molar-refractivity contribution in [2.45, 2.75) is 91.8 Å². The molecule has 2 N–H and O–H groups in total. The standard InChI is InChI=1S/C28H45NO6/c1-17-18(14-23(32)29(7)12-13-30)8-9-19-25(17)20(31)15-21-27(4,5)22(10-11-28(19,21)6)35-24(33)16-26(2,3)34/h14,17,19,21-22,25,30,34H,8-13,15-16H2,1-7H3/b18-14+/t17-,19+,21-,22-,25-,28+/m0/s1. The van der Waals surface area contributed by atoms with Gasteiger partial charge in [-0.25, -0.2) is 0 Å². The predicted molar refractivity (Wildman–Crippen MR) is 133 cm³/mol. The van der Waals surface area contributed by atoms with Crippen molar-refractivity contribution in [1.29, 1.82) is 0 Å². The van der Waals surface area contributed by atoms with Gasteiger partial charge in [0.05, 0.1) is 18.6 Å². The molecule has 3 aliphatic rings. The molecule has 0 aliphatic heterocycles. The van der Waals surface area contributed by atoms with E-state index in [-0.39, 0.29) is 65.3 Å². The molecule has 3 rings (SSSR count). The van der Waals surface area contributed by atoms with Crippen molar-refractivity contribution >= 4 is 17.7 Å². The lowest BCUT2D eigenvalue weighted by molar-refractivity contribution is -0.191. The Morgan fingerprint density at radius 2 is 1.89 bits per heavy atom. The molecule has 0 heterocycles. The van der Waals surface area contributed by atoms with Crippen LogP contribution in [0.3, 0.4) is 0 Å². The maximum atomic E-state index is 13.6. The summed E-state index contributed by atoms with van der Waals surface area (Å²) in [4.78, 5) is 40.2. The average Bonchev–Trinajstić information content (AvgIpc) is 2.72. The molecule has 0 aromatic heterocycles. The van der Waals surface area contributed by atoms with Gasteiger partial charge in [-0.1, -0.05) is 33.3 Å². The van der Waals surface area contributed by atoms with Crippen molar-refractivity contribution in [3.8, 4) is 0 Å². The highest BCUT2D eigenvalue weighted by molar-refractivity contribution is 5.89. The number of carbonyl (C=O) groups is 3. The minimum atomic E-state index is -1.11. The number of aliphatic hydroxyl groups excluding tert-OH is 1. The first kappa shape index (κ1) is 27.9. The summed E-state index contributed by atoms with van der Waals surface area (Å²) in [5, 5.41) is 19.1. The zero-order valence-electron chi connectivity index (χ0n) is 22.6. The first-order valence-corrected chi connectivity index (χ1v) is 13.1. The summed E-state index contributed by atoms with van der Waals surface area (Å²) in [5.74, 6) is -0.0141. The van der Waals surface area contributed by atoms with Gasteiger partial charge in [-0.2, -0.15) is 0 Å². The van der Waals surface area contributed by atoms with E-state index in [1.165, 1.54) is 4.90 Å². The van der Waals surface area contributed by atoms with Crippen LogP contribution in [0.1, 0.15) is 80.1 Å². The number of rotatable bonds is 6. The number of nitrogens with zero attached hydrogens (tertiary/aromatic N) is 1. The number of likely N-dealkylation sites (N-methyl/N-ethyl adjacent to an activating group) is 1. The van der Waals surface area contributed by atoms with E-state index in [4.69, 9.17) is 9.84 Å². The fraction of sp³-hybridized carbons (Fsp3) is 0.821. The maximum Gasteiger partial charge on any atom is 0.308 e. The molecule has 7 heteroatoms. The lowest BCUT2D eigenvalue weighted by Gasteiger charge is -2.62. The van der Waals surface area contributed by atoms with Crippen LogP contribution in [0, 0.1) is 34.5 Å². The summed E-state index contributed by atoms with van der Waals surface area (Å²) in [6.45, 7) is 12.1. The van der Waals surface area contributed by atoms with Crippen LogP contribution in [0.2, 0.25) is 0 Å². The van der Waals surface area contributed by atoms with Crippen LogP contribution < -0.4 is 0 Å². The molecule has 6 atom stereocenters. The van der Waals surface area contributed by atoms with Gasteiger partial charge in [0.25, 0.3) is 0 Å². The smallest absolute Gasteiger partial charge is 0.308 e. The highest BCUT2D eigenvalue weighted by Crippen LogP contribution is 2.64. The van der Waals surface area contributed by atoms with Crippen molar-refractivity contribution < 1.29 is 29.3 Å². The molecule has 0 saturated heterocycles. The van der Waals surface area contributed by atoms with Crippen LogP contribution in [-0.4, -0.2) is 64.7 Å². The topological polar surface area (TPSA) is 104 Å². The molecule has 1 amide bonds. The third kappa shape index (κ3) is 5.51. The van der Waals surface area contributed by atoms with E-state index in [2.05, 4.69) is 27.7 Å². The molecule has 3 saturated carbocycles. The predicted octanol–water partition coefficient (Wildman–Crippen LogP) is 3.51. The van der Waals surface area contributed by atoms with Gasteiger partial charge in [-0.05, 0) is 62.7 Å². The molecule has 0 bridgehead atoms. The van der Waals surface area contributed by atoms with E-state index < -0.39 is 11.6 Å². The fourth-order valence-corrected chi connectivity index (χ4v) is 7.39. The lowest BCUT2D eigenvalue weighted by Crippen LogP contribution is -2.60. The Hall–Kier alpha value is -1.73. The number of allylic oxidation sites excluding steroid dienone is 1. The van der Waals surface area contributed by atoms with Crippen LogP contribution in [0.4, 0.5) is 0 Å². The Morgan fingerprint density at radius 3 is 2.49 bits per heavy atom. The molecular formula is C28H45NO6. The first-order valence-electron chi connectivity index (χ1n) is 13.1.